The van der Waals surface area contributed by atoms with Gasteiger partial charge in [-0.2, -0.15) is 5.10 Å². The van der Waals surface area contributed by atoms with Gasteiger partial charge in [-0.1, -0.05) is 66.7 Å². The predicted molar refractivity (Wildman–Crippen MR) is 113 cm³/mol. The van der Waals surface area contributed by atoms with Crippen LogP contribution in [-0.4, -0.2) is 25.8 Å². The molecule has 2 heterocycles. The number of aromatic amines is 1. The number of carboxylic acids is 1. The lowest BCUT2D eigenvalue weighted by atomic mass is 10.1. The van der Waals surface area contributed by atoms with Crippen molar-refractivity contribution in [3.8, 4) is 28.2 Å². The van der Waals surface area contributed by atoms with Crippen LogP contribution in [0.25, 0.3) is 39.1 Å². The van der Waals surface area contributed by atoms with Gasteiger partial charge >= 0.3 is 5.97 Å². The van der Waals surface area contributed by atoms with Gasteiger partial charge in [-0.25, -0.2) is 9.48 Å². The molecule has 3 aromatic carbocycles. The van der Waals surface area contributed by atoms with E-state index < -0.39 is 5.97 Å². The summed E-state index contributed by atoms with van der Waals surface area (Å²) in [5, 5.41) is 15.4. The van der Waals surface area contributed by atoms with E-state index in [2.05, 4.69) is 4.98 Å². The van der Waals surface area contributed by atoms with E-state index in [1.165, 1.54) is 0 Å². The fourth-order valence-electron chi connectivity index (χ4n) is 3.65. The van der Waals surface area contributed by atoms with Crippen LogP contribution in [0.4, 0.5) is 0 Å². The molecule has 2 N–H and O–H groups in total. The number of H-pyrrole nitrogens is 1. The van der Waals surface area contributed by atoms with E-state index in [1.807, 2.05) is 95.7 Å². The number of rotatable bonds is 4. The maximum absolute atomic E-state index is 11.9. The van der Waals surface area contributed by atoms with Crippen LogP contribution in [0.15, 0.2) is 91.0 Å². The number of aromatic nitrogens is 3. The number of hydrogen-bond donors (Lipinski definition) is 2. The second kappa shape index (κ2) is 6.80. The molecule has 5 nitrogen and oxygen atoms in total. The van der Waals surface area contributed by atoms with Crippen LogP contribution in [0.3, 0.4) is 0 Å². The highest BCUT2D eigenvalue weighted by Gasteiger charge is 2.22. The second-order valence-corrected chi connectivity index (χ2v) is 6.75. The molecule has 0 fully saturated rings. The normalized spacial score (nSPS) is 11.0. The maximum atomic E-state index is 11.9. The minimum atomic E-state index is -1.01. The summed E-state index contributed by atoms with van der Waals surface area (Å²) in [6, 6.07) is 29.3. The van der Waals surface area contributed by atoms with Gasteiger partial charge in [-0.15, -0.1) is 0 Å². The Kier molecular flexibility index (Phi) is 3.99. The smallest absolute Gasteiger partial charge is 0.353 e. The van der Waals surface area contributed by atoms with Crippen LogP contribution in [0, 0.1) is 0 Å². The summed E-state index contributed by atoms with van der Waals surface area (Å²) in [5.41, 5.74) is 4.94. The van der Waals surface area contributed by atoms with Gasteiger partial charge in [0.05, 0.1) is 17.1 Å². The second-order valence-electron chi connectivity index (χ2n) is 6.75. The first-order valence-electron chi connectivity index (χ1n) is 9.27. The average Bonchev–Trinajstić information content (AvgIpc) is 3.37. The van der Waals surface area contributed by atoms with E-state index in [0.717, 1.165) is 27.8 Å². The molecule has 0 aliphatic rings. The van der Waals surface area contributed by atoms with Gasteiger partial charge in [-0.3, -0.25) is 0 Å². The zero-order valence-corrected chi connectivity index (χ0v) is 15.4. The van der Waals surface area contributed by atoms with Crippen molar-refractivity contribution in [1.29, 1.82) is 0 Å². The highest BCUT2D eigenvalue weighted by Crippen LogP contribution is 2.35. The Morgan fingerprint density at radius 2 is 1.52 bits per heavy atom. The number of para-hydroxylation sites is 2. The molecule has 5 heteroatoms. The van der Waals surface area contributed by atoms with Crippen molar-refractivity contribution in [1.82, 2.24) is 14.8 Å². The fourth-order valence-corrected chi connectivity index (χ4v) is 3.65. The number of nitrogens with zero attached hydrogens (tertiary/aromatic N) is 2. The van der Waals surface area contributed by atoms with Crippen molar-refractivity contribution in [3.63, 3.8) is 0 Å². The summed E-state index contributed by atoms with van der Waals surface area (Å²) in [6.45, 7) is 0. The van der Waals surface area contributed by atoms with E-state index in [1.54, 1.807) is 0 Å². The minimum Gasteiger partial charge on any atom is -0.477 e. The largest absolute Gasteiger partial charge is 0.477 e. The first-order chi connectivity index (χ1) is 14.2. The molecule has 0 bridgehead atoms. The first-order valence-corrected chi connectivity index (χ1v) is 9.27. The molecule has 2 aromatic heterocycles. The Balaban J connectivity index is 1.80. The summed E-state index contributed by atoms with van der Waals surface area (Å²) < 4.78 is 1.86. The first kappa shape index (κ1) is 17.0. The Hall–Kier alpha value is -4.12. The molecule has 0 saturated heterocycles. The number of fused-ring (bicyclic) bond motifs is 1. The molecule has 29 heavy (non-hydrogen) atoms. The number of benzene rings is 3. The van der Waals surface area contributed by atoms with E-state index in [0.29, 0.717) is 11.3 Å². The molecule has 5 rings (SSSR count). The summed E-state index contributed by atoms with van der Waals surface area (Å²) in [7, 11) is 0. The maximum Gasteiger partial charge on any atom is 0.353 e. The van der Waals surface area contributed by atoms with E-state index in [9.17, 15) is 9.90 Å². The zero-order valence-electron chi connectivity index (χ0n) is 15.4. The van der Waals surface area contributed by atoms with Crippen molar-refractivity contribution < 1.29 is 9.90 Å². The third kappa shape index (κ3) is 2.89. The highest BCUT2D eigenvalue weighted by molar-refractivity contribution is 6.07. The SMILES string of the molecule is O=C(O)c1[nH]c2ccccc2c1-c1cc(-c2ccccc2)n(-c2ccccc2)n1. The Bertz CT molecular complexity index is 1260. The topological polar surface area (TPSA) is 70.9 Å². The van der Waals surface area contributed by atoms with Gasteiger partial charge in [0.25, 0.3) is 0 Å². The van der Waals surface area contributed by atoms with Gasteiger partial charge in [0, 0.05) is 22.0 Å². The van der Waals surface area contributed by atoms with Crippen molar-refractivity contribution in [2.45, 2.75) is 0 Å². The highest BCUT2D eigenvalue weighted by atomic mass is 16.4. The summed E-state index contributed by atoms with van der Waals surface area (Å²) in [4.78, 5) is 15.0. The monoisotopic (exact) mass is 379 g/mol. The standard InChI is InChI=1S/C24H17N3O2/c28-24(29)23-22(18-13-7-8-14-19(18)25-23)20-15-21(16-9-3-1-4-10-16)27(26-20)17-11-5-2-6-12-17/h1-15,25H,(H,28,29). The fraction of sp³-hybridized carbons (Fsp3) is 0. The van der Waals surface area contributed by atoms with Crippen LogP contribution >= 0.6 is 0 Å². The van der Waals surface area contributed by atoms with E-state index in [4.69, 9.17) is 5.10 Å². The summed E-state index contributed by atoms with van der Waals surface area (Å²) in [5.74, 6) is -1.01. The van der Waals surface area contributed by atoms with Crippen molar-refractivity contribution in [2.75, 3.05) is 0 Å². The quantitative estimate of drug-likeness (QED) is 0.440. The molecular weight excluding hydrogens is 362 g/mol. The Morgan fingerprint density at radius 3 is 2.24 bits per heavy atom. The third-order valence-corrected chi connectivity index (χ3v) is 4.96. The van der Waals surface area contributed by atoms with E-state index >= 15 is 0 Å². The van der Waals surface area contributed by atoms with Crippen LogP contribution in [0.1, 0.15) is 10.5 Å². The average molecular weight is 379 g/mol. The lowest BCUT2D eigenvalue weighted by molar-refractivity contribution is 0.0692. The summed E-state index contributed by atoms with van der Waals surface area (Å²) in [6.07, 6.45) is 0. The Labute approximate surface area is 166 Å². The predicted octanol–water partition coefficient (Wildman–Crippen LogP) is 5.39. The lowest BCUT2D eigenvalue weighted by Crippen LogP contribution is -2.01. The number of carboxylic acid groups (broad SMARTS) is 1. The molecule has 0 aliphatic carbocycles. The van der Waals surface area contributed by atoms with Gasteiger partial charge in [0.15, 0.2) is 0 Å². The summed E-state index contributed by atoms with van der Waals surface area (Å²) >= 11 is 0. The molecule has 0 radical (unpaired) electrons. The lowest BCUT2D eigenvalue weighted by Gasteiger charge is -2.07. The minimum absolute atomic E-state index is 0.142. The molecule has 140 valence electrons. The number of nitrogens with one attached hydrogen (secondary N) is 1. The Morgan fingerprint density at radius 1 is 0.862 bits per heavy atom. The molecule has 5 aromatic rings. The number of hydrogen-bond acceptors (Lipinski definition) is 2. The van der Waals surface area contributed by atoms with Gasteiger partial charge in [0.2, 0.25) is 0 Å². The van der Waals surface area contributed by atoms with Crippen LogP contribution in [0.5, 0.6) is 0 Å². The molecular formula is C24H17N3O2. The molecule has 0 saturated carbocycles. The van der Waals surface area contributed by atoms with Crippen molar-refractivity contribution in [2.24, 2.45) is 0 Å². The van der Waals surface area contributed by atoms with Gasteiger partial charge in [0.1, 0.15) is 5.69 Å². The molecule has 0 spiro atoms. The van der Waals surface area contributed by atoms with Gasteiger partial charge < -0.3 is 10.1 Å². The zero-order chi connectivity index (χ0) is 19.8. The van der Waals surface area contributed by atoms with Crippen LogP contribution in [-0.2, 0) is 0 Å². The molecule has 0 amide bonds. The van der Waals surface area contributed by atoms with E-state index in [-0.39, 0.29) is 5.69 Å². The van der Waals surface area contributed by atoms with Crippen LogP contribution in [0.2, 0.25) is 0 Å². The number of carbonyl (C=O) groups is 1. The molecule has 0 unspecified atom stereocenters. The third-order valence-electron chi connectivity index (χ3n) is 4.96. The number of aromatic carboxylic acids is 1. The van der Waals surface area contributed by atoms with Crippen molar-refractivity contribution >= 4 is 16.9 Å². The van der Waals surface area contributed by atoms with Gasteiger partial charge in [-0.05, 0) is 24.3 Å². The van der Waals surface area contributed by atoms with Crippen molar-refractivity contribution in [3.05, 3.63) is 96.7 Å². The molecule has 0 atom stereocenters. The molecule has 0 aliphatic heterocycles. The van der Waals surface area contributed by atoms with Crippen LogP contribution < -0.4 is 0 Å².